The fourth-order valence-corrected chi connectivity index (χ4v) is 3.58. The zero-order valence-corrected chi connectivity index (χ0v) is 20.3. The van der Waals surface area contributed by atoms with Crippen molar-refractivity contribution in [3.63, 3.8) is 0 Å². The molecule has 0 saturated heterocycles. The van der Waals surface area contributed by atoms with Crippen molar-refractivity contribution in [3.05, 3.63) is 0 Å². The number of rotatable bonds is 11. The highest BCUT2D eigenvalue weighted by molar-refractivity contribution is 14.0. The Hall–Kier alpha value is -0.570. The second-order valence-corrected chi connectivity index (χ2v) is 7.13. The van der Waals surface area contributed by atoms with E-state index in [1.807, 2.05) is 18.7 Å². The third-order valence-electron chi connectivity index (χ3n) is 5.23. The van der Waals surface area contributed by atoms with Gasteiger partial charge in [0, 0.05) is 45.2 Å². The van der Waals surface area contributed by atoms with Gasteiger partial charge in [-0.25, -0.2) is 0 Å². The number of amides is 1. The van der Waals surface area contributed by atoms with Gasteiger partial charge in [-0.05, 0) is 53.6 Å². The summed E-state index contributed by atoms with van der Waals surface area (Å²) in [6.07, 6.45) is 8.46. The molecule has 1 amide bonds. The standard InChI is InChI=1S/C20H41N5O.HI/c1-5-21-20(23-16-14-19(26)25(6-2)7-3)22-15-11-17-24(4)18-12-9-8-10-13-18;/h18H,5-17H2,1-4H3,(H2,21,22,23);1H. The van der Waals surface area contributed by atoms with Gasteiger partial charge in [0.1, 0.15) is 0 Å². The maximum Gasteiger partial charge on any atom is 0.224 e. The minimum atomic E-state index is 0. The third-order valence-corrected chi connectivity index (χ3v) is 5.23. The molecule has 0 aromatic rings. The number of carbonyl (C=O) groups is 1. The van der Waals surface area contributed by atoms with E-state index in [0.717, 1.165) is 51.1 Å². The predicted molar refractivity (Wildman–Crippen MR) is 126 cm³/mol. The van der Waals surface area contributed by atoms with Crippen LogP contribution in [0.2, 0.25) is 0 Å². The van der Waals surface area contributed by atoms with E-state index < -0.39 is 0 Å². The molecule has 7 heteroatoms. The van der Waals surface area contributed by atoms with Gasteiger partial charge >= 0.3 is 0 Å². The Morgan fingerprint density at radius 2 is 1.74 bits per heavy atom. The molecule has 1 aliphatic carbocycles. The van der Waals surface area contributed by atoms with Crippen LogP contribution in [0.1, 0.15) is 65.7 Å². The van der Waals surface area contributed by atoms with E-state index in [0.29, 0.717) is 13.0 Å². The number of nitrogens with one attached hydrogen (secondary N) is 2. The second kappa shape index (κ2) is 16.4. The van der Waals surface area contributed by atoms with Gasteiger partial charge < -0.3 is 20.4 Å². The summed E-state index contributed by atoms with van der Waals surface area (Å²) in [5.74, 6) is 1.02. The molecule has 2 N–H and O–H groups in total. The Labute approximate surface area is 183 Å². The molecule has 1 aliphatic rings. The summed E-state index contributed by atoms with van der Waals surface area (Å²) >= 11 is 0. The quantitative estimate of drug-likeness (QED) is 0.200. The Bertz CT molecular complexity index is 409. The van der Waals surface area contributed by atoms with Gasteiger partial charge in [-0.2, -0.15) is 0 Å². The monoisotopic (exact) mass is 495 g/mol. The zero-order chi connectivity index (χ0) is 19.2. The van der Waals surface area contributed by atoms with E-state index in [4.69, 9.17) is 0 Å². The minimum Gasteiger partial charge on any atom is -0.357 e. The summed E-state index contributed by atoms with van der Waals surface area (Å²) < 4.78 is 0. The van der Waals surface area contributed by atoms with Crippen molar-refractivity contribution in [2.45, 2.75) is 71.8 Å². The van der Waals surface area contributed by atoms with Crippen LogP contribution in [0, 0.1) is 0 Å². The van der Waals surface area contributed by atoms with Crippen LogP contribution in [0.5, 0.6) is 0 Å². The lowest BCUT2D eigenvalue weighted by Crippen LogP contribution is -2.40. The van der Waals surface area contributed by atoms with Gasteiger partial charge in [0.2, 0.25) is 5.91 Å². The summed E-state index contributed by atoms with van der Waals surface area (Å²) in [6, 6.07) is 0.769. The molecule has 0 radical (unpaired) electrons. The van der Waals surface area contributed by atoms with E-state index in [1.165, 1.54) is 32.1 Å². The third kappa shape index (κ3) is 11.1. The Balaban J connectivity index is 0.00000676. The first-order valence-electron chi connectivity index (χ1n) is 10.6. The number of carbonyl (C=O) groups excluding carboxylic acids is 1. The molecule has 0 atom stereocenters. The van der Waals surface area contributed by atoms with Gasteiger partial charge in [-0.15, -0.1) is 24.0 Å². The topological polar surface area (TPSA) is 60.0 Å². The lowest BCUT2D eigenvalue weighted by molar-refractivity contribution is -0.130. The van der Waals surface area contributed by atoms with Crippen LogP contribution >= 0.6 is 24.0 Å². The van der Waals surface area contributed by atoms with Crippen molar-refractivity contribution < 1.29 is 4.79 Å². The van der Waals surface area contributed by atoms with Gasteiger partial charge in [-0.1, -0.05) is 19.3 Å². The van der Waals surface area contributed by atoms with Gasteiger partial charge in [-0.3, -0.25) is 9.79 Å². The van der Waals surface area contributed by atoms with E-state index in [2.05, 4.69) is 34.5 Å². The molecule has 160 valence electrons. The summed E-state index contributed by atoms with van der Waals surface area (Å²) in [6.45, 7) is 11.0. The Kier molecular flexibility index (Phi) is 16.0. The predicted octanol–water partition coefficient (Wildman–Crippen LogP) is 3.07. The number of halogens is 1. The normalized spacial score (nSPS) is 15.4. The summed E-state index contributed by atoms with van der Waals surface area (Å²) in [4.78, 5) is 21.1. The highest BCUT2D eigenvalue weighted by Gasteiger charge is 2.17. The van der Waals surface area contributed by atoms with Crippen molar-refractivity contribution in [1.29, 1.82) is 0 Å². The van der Waals surface area contributed by atoms with E-state index >= 15 is 0 Å². The van der Waals surface area contributed by atoms with Gasteiger partial charge in [0.25, 0.3) is 0 Å². The van der Waals surface area contributed by atoms with Gasteiger partial charge in [0.05, 0.1) is 0 Å². The lowest BCUT2D eigenvalue weighted by Gasteiger charge is -2.31. The highest BCUT2D eigenvalue weighted by Crippen LogP contribution is 2.21. The lowest BCUT2D eigenvalue weighted by atomic mass is 9.94. The van der Waals surface area contributed by atoms with Crippen LogP contribution in [0.3, 0.4) is 0 Å². The largest absolute Gasteiger partial charge is 0.357 e. The maximum absolute atomic E-state index is 12.1. The Morgan fingerprint density at radius 1 is 1.07 bits per heavy atom. The second-order valence-electron chi connectivity index (χ2n) is 7.13. The molecule has 0 aromatic carbocycles. The number of hydrogen-bond donors (Lipinski definition) is 2. The first-order valence-corrected chi connectivity index (χ1v) is 10.6. The summed E-state index contributed by atoms with van der Waals surface area (Å²) in [7, 11) is 2.25. The first-order chi connectivity index (χ1) is 12.6. The van der Waals surface area contributed by atoms with Crippen molar-refractivity contribution in [3.8, 4) is 0 Å². The summed E-state index contributed by atoms with van der Waals surface area (Å²) in [5.41, 5.74) is 0. The average Bonchev–Trinajstić information content (AvgIpc) is 2.66. The average molecular weight is 495 g/mol. The van der Waals surface area contributed by atoms with Crippen LogP contribution in [0.15, 0.2) is 4.99 Å². The molecule has 0 spiro atoms. The number of hydrogen-bond acceptors (Lipinski definition) is 3. The fraction of sp³-hybridized carbons (Fsp3) is 0.900. The molecule has 0 aromatic heterocycles. The number of guanidine groups is 1. The molecule has 1 rings (SSSR count). The highest BCUT2D eigenvalue weighted by atomic mass is 127. The molecule has 0 aliphatic heterocycles. The van der Waals surface area contributed by atoms with Crippen LogP contribution in [-0.4, -0.2) is 74.0 Å². The van der Waals surface area contributed by atoms with E-state index in [9.17, 15) is 4.79 Å². The van der Waals surface area contributed by atoms with Crippen LogP contribution in [0.4, 0.5) is 0 Å². The maximum atomic E-state index is 12.1. The summed E-state index contributed by atoms with van der Waals surface area (Å²) in [5, 5.41) is 6.55. The zero-order valence-electron chi connectivity index (χ0n) is 17.9. The minimum absolute atomic E-state index is 0. The molecule has 0 bridgehead atoms. The molecular formula is C20H42IN5O. The van der Waals surface area contributed by atoms with Crippen LogP contribution in [0.25, 0.3) is 0 Å². The molecule has 6 nitrogen and oxygen atoms in total. The van der Waals surface area contributed by atoms with E-state index in [1.54, 1.807) is 0 Å². The molecule has 0 unspecified atom stereocenters. The molecule has 0 heterocycles. The molecule has 27 heavy (non-hydrogen) atoms. The van der Waals surface area contributed by atoms with Crippen LogP contribution in [-0.2, 0) is 4.79 Å². The molecular weight excluding hydrogens is 453 g/mol. The molecule has 1 saturated carbocycles. The number of nitrogens with zero attached hydrogens (tertiary/aromatic N) is 3. The first kappa shape index (κ1) is 26.4. The molecule has 1 fully saturated rings. The SMILES string of the molecule is CCNC(=NCCCN(C)C1CCCCC1)NCCC(=O)N(CC)CC.I. The fourth-order valence-electron chi connectivity index (χ4n) is 3.58. The van der Waals surface area contributed by atoms with Crippen molar-refractivity contribution in [2.75, 3.05) is 46.3 Å². The van der Waals surface area contributed by atoms with Crippen molar-refractivity contribution in [2.24, 2.45) is 4.99 Å². The smallest absolute Gasteiger partial charge is 0.224 e. The van der Waals surface area contributed by atoms with Crippen molar-refractivity contribution >= 4 is 35.8 Å². The van der Waals surface area contributed by atoms with Crippen LogP contribution < -0.4 is 10.6 Å². The van der Waals surface area contributed by atoms with Gasteiger partial charge in [0.15, 0.2) is 5.96 Å². The van der Waals surface area contributed by atoms with E-state index in [-0.39, 0.29) is 29.9 Å². The van der Waals surface area contributed by atoms with Crippen molar-refractivity contribution in [1.82, 2.24) is 20.4 Å². The Morgan fingerprint density at radius 3 is 2.33 bits per heavy atom. The number of aliphatic imine (C=N–C) groups is 1.